The number of carbonyl (C=O) groups excluding carboxylic acids is 1. The number of phosphoric acid groups is 1. The highest BCUT2D eigenvalue weighted by Crippen LogP contribution is 2.35. The molecule has 0 aliphatic heterocycles. The number of aliphatic hydroxyl groups is 4. The van der Waals surface area contributed by atoms with Crippen LogP contribution in [0.4, 0.5) is 0 Å². The third-order valence-electron chi connectivity index (χ3n) is 1.62. The minimum absolute atomic E-state index is 0.971. The number of aliphatic hydroxyl groups excluding tert-OH is 4. The molecule has 0 aliphatic carbocycles. The van der Waals surface area contributed by atoms with E-state index in [1.165, 1.54) is 0 Å². The van der Waals surface area contributed by atoms with Crippen molar-refractivity contribution in [2.75, 3.05) is 13.2 Å². The van der Waals surface area contributed by atoms with Crippen LogP contribution >= 0.6 is 7.82 Å². The Morgan fingerprint density at radius 3 is 2.12 bits per heavy atom. The van der Waals surface area contributed by atoms with E-state index in [0.717, 1.165) is 0 Å². The molecule has 16 heavy (non-hydrogen) atoms. The van der Waals surface area contributed by atoms with E-state index in [-0.39, 0.29) is 0 Å². The lowest BCUT2D eigenvalue weighted by Gasteiger charge is -2.21. The van der Waals surface area contributed by atoms with Gasteiger partial charge in [-0.15, -0.1) is 0 Å². The summed E-state index contributed by atoms with van der Waals surface area (Å²) in [6.07, 6.45) is -5.94. The van der Waals surface area contributed by atoms with Crippen molar-refractivity contribution in [1.29, 1.82) is 0 Å². The number of ketones is 1. The lowest BCUT2D eigenvalue weighted by Crippen LogP contribution is -2.45. The largest absolute Gasteiger partial charge is 0.469 e. The minimum Gasteiger partial charge on any atom is -0.388 e. The van der Waals surface area contributed by atoms with Crippen molar-refractivity contribution < 1.29 is 44.1 Å². The van der Waals surface area contributed by atoms with Crippen LogP contribution in [0.15, 0.2) is 0 Å². The van der Waals surface area contributed by atoms with Crippen LogP contribution in [0.2, 0.25) is 0 Å². The molecule has 0 saturated heterocycles. The molecule has 0 aromatic rings. The van der Waals surface area contributed by atoms with Gasteiger partial charge in [0.1, 0.15) is 24.9 Å². The van der Waals surface area contributed by atoms with Crippen molar-refractivity contribution in [2.45, 2.75) is 18.3 Å². The van der Waals surface area contributed by atoms with Crippen LogP contribution < -0.4 is 0 Å². The first-order chi connectivity index (χ1) is 7.19. The molecule has 0 saturated carbocycles. The zero-order chi connectivity index (χ0) is 12.9. The maximum absolute atomic E-state index is 10.7. The summed E-state index contributed by atoms with van der Waals surface area (Å²) in [6, 6.07) is 0. The van der Waals surface area contributed by atoms with Gasteiger partial charge in [0.25, 0.3) is 0 Å². The molecule has 0 rings (SSSR count). The van der Waals surface area contributed by atoms with Crippen molar-refractivity contribution in [2.24, 2.45) is 0 Å². The number of hydrogen-bond acceptors (Lipinski definition) is 7. The van der Waals surface area contributed by atoms with Crippen molar-refractivity contribution in [3.63, 3.8) is 0 Å². The Balaban J connectivity index is 4.23. The van der Waals surface area contributed by atoms with Gasteiger partial charge < -0.3 is 30.2 Å². The van der Waals surface area contributed by atoms with Crippen LogP contribution in [0.5, 0.6) is 0 Å². The molecule has 0 aromatic heterocycles. The zero-order valence-corrected chi connectivity index (χ0v) is 8.90. The third-order valence-corrected chi connectivity index (χ3v) is 2.10. The topological polar surface area (TPSA) is 165 Å². The van der Waals surface area contributed by atoms with Crippen LogP contribution in [0.3, 0.4) is 0 Å². The first-order valence-electron chi connectivity index (χ1n) is 4.07. The summed E-state index contributed by atoms with van der Waals surface area (Å²) < 4.78 is 14.1. The van der Waals surface area contributed by atoms with Crippen LogP contribution in [-0.2, 0) is 13.9 Å². The molecule has 0 spiro atoms. The summed E-state index contributed by atoms with van der Waals surface area (Å²) >= 11 is 0. The molecule has 0 aromatic carbocycles. The van der Waals surface area contributed by atoms with E-state index in [2.05, 4.69) is 4.52 Å². The van der Waals surface area contributed by atoms with Crippen molar-refractivity contribution in [3.05, 3.63) is 0 Å². The summed E-state index contributed by atoms with van der Waals surface area (Å²) in [6.45, 7) is -2.01. The normalized spacial score (nSPS) is 17.9. The molecule has 6 N–H and O–H groups in total. The molecule has 0 fully saturated rings. The Morgan fingerprint density at radius 1 is 1.25 bits per heavy atom. The van der Waals surface area contributed by atoms with Gasteiger partial charge in [-0.3, -0.25) is 9.32 Å². The predicted molar refractivity (Wildman–Crippen MR) is 48.1 cm³/mol. The standard InChI is InChI=1S/C6H13O9P/c7-1-3(8)5(10)6(11)4(9)2-15-16(12,13)14/h4-7,9-11H,1-2H2,(H2,12,13,14)/t4-,5-,6+/m0/s1. The van der Waals surface area contributed by atoms with Crippen molar-refractivity contribution in [3.8, 4) is 0 Å². The third kappa shape index (κ3) is 5.64. The van der Waals surface area contributed by atoms with E-state index in [4.69, 9.17) is 30.2 Å². The van der Waals surface area contributed by atoms with E-state index in [9.17, 15) is 9.36 Å². The fourth-order valence-electron chi connectivity index (χ4n) is 0.766. The van der Waals surface area contributed by atoms with Gasteiger partial charge in [0, 0.05) is 0 Å². The Labute approximate surface area is 90.2 Å². The highest BCUT2D eigenvalue weighted by atomic mass is 31.2. The zero-order valence-electron chi connectivity index (χ0n) is 8.00. The average Bonchev–Trinajstić information content (AvgIpc) is 2.21. The predicted octanol–water partition coefficient (Wildman–Crippen LogP) is -3.26. The fraction of sp³-hybridized carbons (Fsp3) is 0.833. The maximum Gasteiger partial charge on any atom is 0.469 e. The average molecular weight is 260 g/mol. The smallest absolute Gasteiger partial charge is 0.388 e. The quantitative estimate of drug-likeness (QED) is 0.258. The second-order valence-corrected chi connectivity index (χ2v) is 4.15. The van der Waals surface area contributed by atoms with Gasteiger partial charge in [0.2, 0.25) is 0 Å². The number of hydrogen-bond donors (Lipinski definition) is 6. The highest BCUT2D eigenvalue weighted by molar-refractivity contribution is 7.46. The van der Waals surface area contributed by atoms with E-state index in [0.29, 0.717) is 0 Å². The molecule has 9 nitrogen and oxygen atoms in total. The van der Waals surface area contributed by atoms with E-state index in [1.807, 2.05) is 0 Å². The SMILES string of the molecule is O=C(CO)[C@H](O)[C@H](O)[C@@H](O)COP(=O)(O)O. The lowest BCUT2D eigenvalue weighted by molar-refractivity contribution is -0.142. The Kier molecular flexibility index (Phi) is 6.23. The van der Waals surface area contributed by atoms with Crippen LogP contribution in [0.25, 0.3) is 0 Å². The maximum atomic E-state index is 10.7. The van der Waals surface area contributed by atoms with Gasteiger partial charge in [-0.25, -0.2) is 4.57 Å². The molecule has 0 heterocycles. The highest BCUT2D eigenvalue weighted by Gasteiger charge is 2.31. The molecular weight excluding hydrogens is 247 g/mol. The van der Waals surface area contributed by atoms with Gasteiger partial charge in [-0.2, -0.15) is 0 Å². The van der Waals surface area contributed by atoms with Crippen LogP contribution in [0, 0.1) is 0 Å². The Morgan fingerprint density at radius 2 is 1.75 bits per heavy atom. The molecule has 96 valence electrons. The number of carbonyl (C=O) groups is 1. The first-order valence-corrected chi connectivity index (χ1v) is 5.60. The van der Waals surface area contributed by atoms with Crippen molar-refractivity contribution in [1.82, 2.24) is 0 Å². The summed E-state index contributed by atoms with van der Waals surface area (Å²) in [4.78, 5) is 27.2. The van der Waals surface area contributed by atoms with Gasteiger partial charge >= 0.3 is 7.82 Å². The first kappa shape index (κ1) is 15.6. The molecule has 0 unspecified atom stereocenters. The van der Waals surface area contributed by atoms with Gasteiger partial charge in [-0.05, 0) is 0 Å². The van der Waals surface area contributed by atoms with E-state index >= 15 is 0 Å². The monoisotopic (exact) mass is 260 g/mol. The lowest BCUT2D eigenvalue weighted by atomic mass is 10.1. The minimum atomic E-state index is -4.81. The van der Waals surface area contributed by atoms with Crippen LogP contribution in [0.1, 0.15) is 0 Å². The number of Topliss-reactive ketones (excluding diaryl/α,β-unsaturated/α-hetero) is 1. The second-order valence-electron chi connectivity index (χ2n) is 2.91. The molecule has 0 amide bonds. The molecule has 0 bridgehead atoms. The Bertz CT molecular complexity index is 273. The summed E-state index contributed by atoms with van der Waals surface area (Å²) in [5.74, 6) is -1.14. The summed E-state index contributed by atoms with van der Waals surface area (Å²) in [7, 11) is -4.81. The molecule has 0 radical (unpaired) electrons. The molecular formula is C6H13O9P. The number of rotatable bonds is 7. The fourth-order valence-corrected chi connectivity index (χ4v) is 1.11. The van der Waals surface area contributed by atoms with E-state index in [1.54, 1.807) is 0 Å². The van der Waals surface area contributed by atoms with Crippen molar-refractivity contribution >= 4 is 13.6 Å². The molecule has 3 atom stereocenters. The number of phosphoric ester groups is 1. The molecule has 0 aliphatic rings. The van der Waals surface area contributed by atoms with Crippen LogP contribution in [-0.4, -0.2) is 67.5 Å². The second kappa shape index (κ2) is 6.38. The van der Waals surface area contributed by atoms with Gasteiger partial charge in [-0.1, -0.05) is 0 Å². The molecule has 10 heteroatoms. The Hall–Kier alpha value is -0.380. The van der Waals surface area contributed by atoms with Gasteiger partial charge in [0.05, 0.1) is 6.61 Å². The van der Waals surface area contributed by atoms with Gasteiger partial charge in [0.15, 0.2) is 5.78 Å². The van der Waals surface area contributed by atoms with E-state index < -0.39 is 45.1 Å². The summed E-state index contributed by atoms with van der Waals surface area (Å²) in [5, 5.41) is 35.6. The summed E-state index contributed by atoms with van der Waals surface area (Å²) in [5.41, 5.74) is 0.